The normalized spacial score (nSPS) is 17.1. The molecule has 0 spiro atoms. The molecule has 2 rings (SSSR count). The molecule has 1 saturated heterocycles. The Morgan fingerprint density at radius 3 is 2.82 bits per heavy atom. The zero-order valence-electron chi connectivity index (χ0n) is 9.95. The zero-order valence-corrected chi connectivity index (χ0v) is 12.4. The van der Waals surface area contributed by atoms with E-state index in [1.165, 1.54) is 18.4 Å². The molecule has 0 amide bonds. The minimum absolute atomic E-state index is 0.754. The molecule has 0 saturated carbocycles. The maximum atomic E-state index is 5.36. The topological polar surface area (TPSA) is 18.5 Å². The van der Waals surface area contributed by atoms with E-state index in [-0.39, 0.29) is 0 Å². The predicted octanol–water partition coefficient (Wildman–Crippen LogP) is 3.87. The van der Waals surface area contributed by atoms with E-state index in [1.54, 1.807) is 7.11 Å². The number of thioether (sulfide) groups is 1. The van der Waals surface area contributed by atoms with Crippen LogP contribution in [0.25, 0.3) is 0 Å². The van der Waals surface area contributed by atoms with Crippen molar-refractivity contribution in [1.29, 1.82) is 0 Å². The van der Waals surface area contributed by atoms with Crippen molar-refractivity contribution in [2.45, 2.75) is 23.8 Å². The van der Waals surface area contributed by atoms with Crippen molar-refractivity contribution in [3.8, 4) is 5.75 Å². The van der Waals surface area contributed by atoms with E-state index in [9.17, 15) is 0 Å². The molecule has 17 heavy (non-hydrogen) atoms. The lowest BCUT2D eigenvalue weighted by Gasteiger charge is -2.21. The van der Waals surface area contributed by atoms with E-state index in [1.807, 2.05) is 17.8 Å². The predicted molar refractivity (Wildman–Crippen MR) is 75.8 cm³/mol. The van der Waals surface area contributed by atoms with Gasteiger partial charge in [0.15, 0.2) is 0 Å². The van der Waals surface area contributed by atoms with E-state index in [4.69, 9.17) is 9.47 Å². The number of benzene rings is 1. The summed E-state index contributed by atoms with van der Waals surface area (Å²) < 4.78 is 11.6. The molecule has 4 heteroatoms. The van der Waals surface area contributed by atoms with Crippen LogP contribution in [-0.4, -0.2) is 25.6 Å². The first-order valence-electron chi connectivity index (χ1n) is 5.81. The Hall–Kier alpha value is -0.190. The molecule has 0 atom stereocenters. The van der Waals surface area contributed by atoms with Crippen LogP contribution < -0.4 is 4.74 Å². The van der Waals surface area contributed by atoms with Crippen molar-refractivity contribution in [3.63, 3.8) is 0 Å². The molecule has 0 bridgehead atoms. The molecule has 0 aromatic heterocycles. The maximum absolute atomic E-state index is 5.36. The van der Waals surface area contributed by atoms with Crippen LogP contribution >= 0.6 is 27.7 Å². The smallest absolute Gasteiger partial charge is 0.133 e. The average molecular weight is 317 g/mol. The van der Waals surface area contributed by atoms with Crippen molar-refractivity contribution in [2.75, 3.05) is 20.3 Å². The number of halogens is 1. The van der Waals surface area contributed by atoms with Gasteiger partial charge in [-0.2, -0.15) is 11.8 Å². The lowest BCUT2D eigenvalue weighted by Crippen LogP contribution is -2.17. The monoisotopic (exact) mass is 316 g/mol. The van der Waals surface area contributed by atoms with Crippen LogP contribution in [-0.2, 0) is 10.5 Å². The fraction of sp³-hybridized carbons (Fsp3) is 0.538. The highest BCUT2D eigenvalue weighted by molar-refractivity contribution is 9.10. The summed E-state index contributed by atoms with van der Waals surface area (Å²) in [4.78, 5) is 0. The van der Waals surface area contributed by atoms with Gasteiger partial charge in [-0.05, 0) is 46.5 Å². The van der Waals surface area contributed by atoms with Gasteiger partial charge in [-0.25, -0.2) is 0 Å². The van der Waals surface area contributed by atoms with Crippen LogP contribution in [0, 0.1) is 0 Å². The number of hydrogen-bond donors (Lipinski definition) is 0. The fourth-order valence-corrected chi connectivity index (χ4v) is 3.58. The van der Waals surface area contributed by atoms with Gasteiger partial charge in [-0.1, -0.05) is 6.07 Å². The summed E-state index contributed by atoms with van der Waals surface area (Å²) in [5.41, 5.74) is 1.34. The minimum atomic E-state index is 0.754. The summed E-state index contributed by atoms with van der Waals surface area (Å²) in [6.07, 6.45) is 2.37. The molecule has 1 fully saturated rings. The van der Waals surface area contributed by atoms with Crippen molar-refractivity contribution < 1.29 is 9.47 Å². The number of methoxy groups -OCH3 is 1. The van der Waals surface area contributed by atoms with E-state index < -0.39 is 0 Å². The van der Waals surface area contributed by atoms with E-state index in [2.05, 4.69) is 28.1 Å². The zero-order chi connectivity index (χ0) is 12.1. The third-order valence-electron chi connectivity index (χ3n) is 2.87. The number of ether oxygens (including phenoxy) is 2. The summed E-state index contributed by atoms with van der Waals surface area (Å²) in [5.74, 6) is 1.96. The summed E-state index contributed by atoms with van der Waals surface area (Å²) in [6, 6.07) is 6.30. The van der Waals surface area contributed by atoms with E-state index in [0.29, 0.717) is 0 Å². The first-order chi connectivity index (χ1) is 8.29. The van der Waals surface area contributed by atoms with Gasteiger partial charge in [-0.15, -0.1) is 0 Å². The molecular weight excluding hydrogens is 300 g/mol. The van der Waals surface area contributed by atoms with Crippen LogP contribution in [0.4, 0.5) is 0 Å². The van der Waals surface area contributed by atoms with E-state index >= 15 is 0 Å². The minimum Gasteiger partial charge on any atom is -0.496 e. The summed E-state index contributed by atoms with van der Waals surface area (Å²) in [7, 11) is 1.69. The van der Waals surface area contributed by atoms with Crippen molar-refractivity contribution in [1.82, 2.24) is 0 Å². The highest BCUT2D eigenvalue weighted by Gasteiger charge is 2.14. The summed E-state index contributed by atoms with van der Waals surface area (Å²) >= 11 is 5.55. The number of hydrogen-bond acceptors (Lipinski definition) is 3. The second-order valence-corrected chi connectivity index (χ2v) is 6.23. The molecule has 1 aromatic carbocycles. The van der Waals surface area contributed by atoms with Gasteiger partial charge in [0, 0.05) is 24.2 Å². The SMILES string of the molecule is COc1ccc(CSC2CCOCC2)cc1Br. The number of rotatable bonds is 4. The molecule has 1 aliphatic rings. The first kappa shape index (κ1) is 13.2. The van der Waals surface area contributed by atoms with E-state index in [0.717, 1.165) is 34.4 Å². The van der Waals surface area contributed by atoms with Crippen molar-refractivity contribution >= 4 is 27.7 Å². The molecule has 0 radical (unpaired) electrons. The summed E-state index contributed by atoms with van der Waals surface area (Å²) in [5, 5.41) is 0.754. The second-order valence-electron chi connectivity index (χ2n) is 4.09. The lowest BCUT2D eigenvalue weighted by atomic mass is 10.2. The molecule has 1 heterocycles. The maximum Gasteiger partial charge on any atom is 0.133 e. The van der Waals surface area contributed by atoms with Gasteiger partial charge in [0.1, 0.15) is 5.75 Å². The van der Waals surface area contributed by atoms with Crippen LogP contribution in [0.3, 0.4) is 0 Å². The second kappa shape index (κ2) is 6.66. The van der Waals surface area contributed by atoms with Crippen LogP contribution in [0.1, 0.15) is 18.4 Å². The third kappa shape index (κ3) is 3.90. The van der Waals surface area contributed by atoms with Crippen LogP contribution in [0.5, 0.6) is 5.75 Å². The Bertz CT molecular complexity index is 364. The highest BCUT2D eigenvalue weighted by atomic mass is 79.9. The Morgan fingerprint density at radius 1 is 1.41 bits per heavy atom. The Kier molecular flexibility index (Phi) is 5.19. The van der Waals surface area contributed by atoms with Gasteiger partial charge >= 0.3 is 0 Å². The van der Waals surface area contributed by atoms with Gasteiger partial charge in [0.25, 0.3) is 0 Å². The van der Waals surface area contributed by atoms with Gasteiger partial charge in [-0.3, -0.25) is 0 Å². The molecule has 2 nitrogen and oxygen atoms in total. The van der Waals surface area contributed by atoms with Crippen LogP contribution in [0.2, 0.25) is 0 Å². The standard InChI is InChI=1S/C13H17BrO2S/c1-15-13-3-2-10(8-12(13)14)9-17-11-4-6-16-7-5-11/h2-3,8,11H,4-7,9H2,1H3. The van der Waals surface area contributed by atoms with Crippen molar-refractivity contribution in [2.24, 2.45) is 0 Å². The Balaban J connectivity index is 1.87. The Labute approximate surface area is 115 Å². The largest absolute Gasteiger partial charge is 0.496 e. The molecule has 0 N–H and O–H groups in total. The third-order valence-corrected chi connectivity index (χ3v) is 4.93. The molecule has 0 aliphatic carbocycles. The molecule has 0 unspecified atom stereocenters. The average Bonchev–Trinajstić information content (AvgIpc) is 2.38. The van der Waals surface area contributed by atoms with Gasteiger partial charge < -0.3 is 9.47 Å². The quantitative estimate of drug-likeness (QED) is 0.840. The molecule has 94 valence electrons. The summed E-state index contributed by atoms with van der Waals surface area (Å²) in [6.45, 7) is 1.84. The highest BCUT2D eigenvalue weighted by Crippen LogP contribution is 2.30. The van der Waals surface area contributed by atoms with Crippen LogP contribution in [0.15, 0.2) is 22.7 Å². The Morgan fingerprint density at radius 2 is 2.18 bits per heavy atom. The lowest BCUT2D eigenvalue weighted by molar-refractivity contribution is 0.1000. The molecule has 1 aromatic rings. The van der Waals surface area contributed by atoms with Gasteiger partial charge in [0.05, 0.1) is 11.6 Å². The first-order valence-corrected chi connectivity index (χ1v) is 7.65. The van der Waals surface area contributed by atoms with Gasteiger partial charge in [0.2, 0.25) is 0 Å². The molecule has 1 aliphatic heterocycles. The fourth-order valence-electron chi connectivity index (χ4n) is 1.86. The molecular formula is C13H17BrO2S. The van der Waals surface area contributed by atoms with Crippen molar-refractivity contribution in [3.05, 3.63) is 28.2 Å².